The van der Waals surface area contributed by atoms with Crippen LogP contribution in [0.25, 0.3) is 0 Å². The van der Waals surface area contributed by atoms with E-state index in [1.165, 1.54) is 12.8 Å². The van der Waals surface area contributed by atoms with E-state index in [0.717, 1.165) is 37.2 Å². The molecule has 2 N–H and O–H groups in total. The fraction of sp³-hybridized carbons (Fsp3) is 0.600. The number of phenols is 1. The van der Waals surface area contributed by atoms with Gasteiger partial charge >= 0.3 is 0 Å². The van der Waals surface area contributed by atoms with Crippen molar-refractivity contribution in [3.8, 4) is 17.2 Å². The first-order valence-electron chi connectivity index (χ1n) is 7.15. The molecule has 0 bridgehead atoms. The van der Waals surface area contributed by atoms with Gasteiger partial charge < -0.3 is 19.9 Å². The Morgan fingerprint density at radius 1 is 1.11 bits per heavy atom. The van der Waals surface area contributed by atoms with E-state index in [4.69, 9.17) is 9.47 Å². The molecule has 0 aromatic heterocycles. The molecule has 1 fully saturated rings. The van der Waals surface area contributed by atoms with Crippen LogP contribution in [-0.4, -0.2) is 31.4 Å². The molecule has 104 valence electrons. The Balaban J connectivity index is 1.78. The Hall–Kier alpha value is -1.42. The van der Waals surface area contributed by atoms with Crippen molar-refractivity contribution < 1.29 is 14.6 Å². The van der Waals surface area contributed by atoms with Crippen molar-refractivity contribution in [3.05, 3.63) is 17.7 Å². The number of aromatic hydroxyl groups is 1. The van der Waals surface area contributed by atoms with E-state index in [1.54, 1.807) is 6.07 Å². The Morgan fingerprint density at radius 2 is 1.79 bits per heavy atom. The molecule has 3 rings (SSSR count). The molecule has 4 heteroatoms. The molecule has 2 heterocycles. The van der Waals surface area contributed by atoms with Crippen LogP contribution in [0.1, 0.15) is 24.8 Å². The predicted octanol–water partition coefficient (Wildman–Crippen LogP) is 2.10. The summed E-state index contributed by atoms with van der Waals surface area (Å²) in [5, 5.41) is 13.5. The summed E-state index contributed by atoms with van der Waals surface area (Å²) in [7, 11) is 0. The highest BCUT2D eigenvalue weighted by atomic mass is 16.5. The minimum absolute atomic E-state index is 0.336. The van der Waals surface area contributed by atoms with E-state index in [9.17, 15) is 5.11 Å². The van der Waals surface area contributed by atoms with Crippen LogP contribution in [0, 0.1) is 5.92 Å². The molecule has 4 nitrogen and oxygen atoms in total. The van der Waals surface area contributed by atoms with Gasteiger partial charge in [-0.05, 0) is 49.9 Å². The van der Waals surface area contributed by atoms with E-state index in [0.29, 0.717) is 30.6 Å². The fourth-order valence-electron chi connectivity index (χ4n) is 2.80. The van der Waals surface area contributed by atoms with Crippen LogP contribution in [0.3, 0.4) is 0 Å². The third-order valence-electron chi connectivity index (χ3n) is 3.92. The number of phenolic OH excluding ortho intramolecular Hbond substituents is 1. The Kier molecular flexibility index (Phi) is 3.78. The number of rotatable bonds is 2. The van der Waals surface area contributed by atoms with E-state index in [1.807, 2.05) is 6.07 Å². The molecule has 0 amide bonds. The summed E-state index contributed by atoms with van der Waals surface area (Å²) in [5.74, 6) is 2.43. The Morgan fingerprint density at radius 3 is 2.53 bits per heavy atom. The van der Waals surface area contributed by atoms with Crippen molar-refractivity contribution in [1.29, 1.82) is 0 Å². The van der Waals surface area contributed by atoms with Crippen LogP contribution in [0.2, 0.25) is 0 Å². The van der Waals surface area contributed by atoms with E-state index in [2.05, 4.69) is 5.32 Å². The number of ether oxygens (including phenoxy) is 2. The molecular weight excluding hydrogens is 242 g/mol. The zero-order chi connectivity index (χ0) is 13.1. The summed E-state index contributed by atoms with van der Waals surface area (Å²) in [6.45, 7) is 3.50. The third-order valence-corrected chi connectivity index (χ3v) is 3.92. The van der Waals surface area contributed by atoms with Crippen LogP contribution >= 0.6 is 0 Å². The maximum absolute atomic E-state index is 10.1. The highest BCUT2D eigenvalue weighted by Gasteiger charge is 2.19. The van der Waals surface area contributed by atoms with Gasteiger partial charge in [0.15, 0.2) is 11.5 Å². The summed E-state index contributed by atoms with van der Waals surface area (Å²) < 4.78 is 11.3. The van der Waals surface area contributed by atoms with Gasteiger partial charge in [-0.1, -0.05) is 0 Å². The second-order valence-electron chi connectivity index (χ2n) is 5.38. The standard InChI is InChI=1S/C15H21NO3/c17-13-10-15-14(18-6-1-7-19-15)9-12(13)8-11-2-4-16-5-3-11/h9-11,16-17H,1-8H2. The molecule has 0 spiro atoms. The van der Waals surface area contributed by atoms with Gasteiger partial charge in [0.1, 0.15) is 5.75 Å². The molecule has 2 aliphatic rings. The SMILES string of the molecule is Oc1cc2c(cc1CC1CCNCC1)OCCCO2. The molecule has 0 radical (unpaired) electrons. The summed E-state index contributed by atoms with van der Waals surface area (Å²) in [6.07, 6.45) is 4.16. The van der Waals surface area contributed by atoms with Crippen molar-refractivity contribution in [2.75, 3.05) is 26.3 Å². The lowest BCUT2D eigenvalue weighted by Crippen LogP contribution is -2.28. The topological polar surface area (TPSA) is 50.7 Å². The number of hydrogen-bond donors (Lipinski definition) is 2. The van der Waals surface area contributed by atoms with Crippen LogP contribution < -0.4 is 14.8 Å². The van der Waals surface area contributed by atoms with Crippen LogP contribution in [0.5, 0.6) is 17.2 Å². The summed E-state index contributed by atoms with van der Waals surface area (Å²) in [6, 6.07) is 3.66. The van der Waals surface area contributed by atoms with E-state index < -0.39 is 0 Å². The van der Waals surface area contributed by atoms with Crippen molar-refractivity contribution in [3.63, 3.8) is 0 Å². The van der Waals surface area contributed by atoms with Crippen molar-refractivity contribution in [1.82, 2.24) is 5.32 Å². The lowest BCUT2D eigenvalue weighted by atomic mass is 9.90. The zero-order valence-corrected chi connectivity index (χ0v) is 11.2. The molecule has 0 atom stereocenters. The van der Waals surface area contributed by atoms with Crippen LogP contribution in [-0.2, 0) is 6.42 Å². The van der Waals surface area contributed by atoms with Crippen molar-refractivity contribution in [2.45, 2.75) is 25.7 Å². The maximum Gasteiger partial charge on any atom is 0.164 e. The van der Waals surface area contributed by atoms with Gasteiger partial charge in [-0.15, -0.1) is 0 Å². The molecular formula is C15H21NO3. The molecule has 1 aromatic rings. The average Bonchev–Trinajstić information content (AvgIpc) is 2.65. The highest BCUT2D eigenvalue weighted by molar-refractivity contribution is 5.50. The van der Waals surface area contributed by atoms with Gasteiger partial charge in [0.05, 0.1) is 13.2 Å². The summed E-state index contributed by atoms with van der Waals surface area (Å²) >= 11 is 0. The average molecular weight is 263 g/mol. The highest BCUT2D eigenvalue weighted by Crippen LogP contribution is 2.37. The number of benzene rings is 1. The second kappa shape index (κ2) is 5.70. The van der Waals surface area contributed by atoms with Crippen LogP contribution in [0.4, 0.5) is 0 Å². The summed E-state index contributed by atoms with van der Waals surface area (Å²) in [5.41, 5.74) is 0.983. The third kappa shape index (κ3) is 2.95. The lowest BCUT2D eigenvalue weighted by Gasteiger charge is -2.23. The molecule has 0 aliphatic carbocycles. The maximum atomic E-state index is 10.1. The first-order chi connectivity index (χ1) is 9.33. The van der Waals surface area contributed by atoms with Gasteiger partial charge in [0.25, 0.3) is 0 Å². The fourth-order valence-corrected chi connectivity index (χ4v) is 2.80. The number of hydrogen-bond acceptors (Lipinski definition) is 4. The van der Waals surface area contributed by atoms with Gasteiger partial charge in [-0.3, -0.25) is 0 Å². The quantitative estimate of drug-likeness (QED) is 0.858. The first-order valence-corrected chi connectivity index (χ1v) is 7.15. The normalized spacial score (nSPS) is 20.0. The minimum Gasteiger partial charge on any atom is -0.508 e. The monoisotopic (exact) mass is 263 g/mol. The minimum atomic E-state index is 0.336. The van der Waals surface area contributed by atoms with Gasteiger partial charge in [-0.2, -0.15) is 0 Å². The van der Waals surface area contributed by atoms with Crippen molar-refractivity contribution in [2.24, 2.45) is 5.92 Å². The smallest absolute Gasteiger partial charge is 0.164 e. The Bertz CT molecular complexity index is 441. The predicted molar refractivity (Wildman–Crippen MR) is 73.0 cm³/mol. The molecule has 2 aliphatic heterocycles. The molecule has 1 aromatic carbocycles. The zero-order valence-electron chi connectivity index (χ0n) is 11.2. The van der Waals surface area contributed by atoms with Gasteiger partial charge in [-0.25, -0.2) is 0 Å². The molecule has 0 saturated carbocycles. The number of fused-ring (bicyclic) bond motifs is 1. The van der Waals surface area contributed by atoms with E-state index >= 15 is 0 Å². The van der Waals surface area contributed by atoms with Gasteiger partial charge in [0, 0.05) is 12.5 Å². The number of nitrogens with one attached hydrogen (secondary N) is 1. The summed E-state index contributed by atoms with van der Waals surface area (Å²) in [4.78, 5) is 0. The molecule has 1 saturated heterocycles. The Labute approximate surface area is 113 Å². The molecule has 19 heavy (non-hydrogen) atoms. The first kappa shape index (κ1) is 12.6. The molecule has 0 unspecified atom stereocenters. The largest absolute Gasteiger partial charge is 0.508 e. The second-order valence-corrected chi connectivity index (χ2v) is 5.38. The lowest BCUT2D eigenvalue weighted by molar-refractivity contribution is 0.296. The number of piperidine rings is 1. The van der Waals surface area contributed by atoms with Crippen molar-refractivity contribution >= 4 is 0 Å². The van der Waals surface area contributed by atoms with Gasteiger partial charge in [0.2, 0.25) is 0 Å². The van der Waals surface area contributed by atoms with Crippen LogP contribution in [0.15, 0.2) is 12.1 Å². The van der Waals surface area contributed by atoms with E-state index in [-0.39, 0.29) is 0 Å².